The first-order chi connectivity index (χ1) is 8.90. The van der Waals surface area contributed by atoms with Gasteiger partial charge in [-0.25, -0.2) is 0 Å². The SMILES string of the molecule is C1=CCC(c2cc3sc(C4=CC=CC4)cc3s2)=C1. The summed E-state index contributed by atoms with van der Waals surface area (Å²) >= 11 is 3.86. The van der Waals surface area contributed by atoms with Crippen molar-refractivity contribution in [3.05, 3.63) is 58.3 Å². The molecule has 0 fully saturated rings. The molecule has 0 bridgehead atoms. The second-order valence-corrected chi connectivity index (χ2v) is 6.77. The highest BCUT2D eigenvalue weighted by atomic mass is 32.1. The van der Waals surface area contributed by atoms with E-state index in [-0.39, 0.29) is 0 Å². The average Bonchev–Trinajstić information content (AvgIpc) is 3.13. The Balaban J connectivity index is 1.73. The van der Waals surface area contributed by atoms with Crippen LogP contribution < -0.4 is 0 Å². The van der Waals surface area contributed by atoms with Crippen molar-refractivity contribution in [2.24, 2.45) is 0 Å². The van der Waals surface area contributed by atoms with Crippen LogP contribution in [0, 0.1) is 0 Å². The first kappa shape index (κ1) is 10.5. The summed E-state index contributed by atoms with van der Waals surface area (Å²) in [7, 11) is 0. The highest BCUT2D eigenvalue weighted by molar-refractivity contribution is 7.28. The minimum Gasteiger partial charge on any atom is -0.135 e. The van der Waals surface area contributed by atoms with Crippen molar-refractivity contribution in [1.29, 1.82) is 0 Å². The van der Waals surface area contributed by atoms with E-state index in [1.54, 1.807) is 0 Å². The predicted molar refractivity (Wildman–Crippen MR) is 83.2 cm³/mol. The van der Waals surface area contributed by atoms with Crippen LogP contribution in [0.25, 0.3) is 20.5 Å². The van der Waals surface area contributed by atoms with Crippen LogP contribution in [0.5, 0.6) is 0 Å². The van der Waals surface area contributed by atoms with Gasteiger partial charge in [0.25, 0.3) is 0 Å². The molecular weight excluding hydrogens is 256 g/mol. The molecule has 0 radical (unpaired) electrons. The van der Waals surface area contributed by atoms with E-state index in [0.29, 0.717) is 0 Å². The second-order valence-electron chi connectivity index (χ2n) is 4.60. The third kappa shape index (κ3) is 1.64. The Labute approximate surface area is 114 Å². The normalized spacial score (nSPS) is 17.8. The smallest absolute Gasteiger partial charge is 0.0463 e. The highest BCUT2D eigenvalue weighted by Crippen LogP contribution is 2.41. The summed E-state index contributed by atoms with van der Waals surface area (Å²) in [4.78, 5) is 2.87. The summed E-state index contributed by atoms with van der Waals surface area (Å²) in [6.07, 6.45) is 15.4. The van der Waals surface area contributed by atoms with Gasteiger partial charge in [0.15, 0.2) is 0 Å². The summed E-state index contributed by atoms with van der Waals surface area (Å²) < 4.78 is 2.87. The Morgan fingerprint density at radius 2 is 1.22 bits per heavy atom. The Bertz CT molecular complexity index is 641. The molecule has 88 valence electrons. The first-order valence-corrected chi connectivity index (χ1v) is 7.79. The molecule has 0 atom stereocenters. The molecule has 2 aliphatic carbocycles. The Hall–Kier alpha value is -1.38. The fourth-order valence-electron chi connectivity index (χ4n) is 2.41. The third-order valence-corrected chi connectivity index (χ3v) is 5.83. The van der Waals surface area contributed by atoms with E-state index in [0.717, 1.165) is 12.8 Å². The summed E-state index contributed by atoms with van der Waals surface area (Å²) in [6.45, 7) is 0. The zero-order valence-corrected chi connectivity index (χ0v) is 11.5. The topological polar surface area (TPSA) is 0 Å². The lowest BCUT2D eigenvalue weighted by Gasteiger charge is -1.96. The van der Waals surface area contributed by atoms with E-state index >= 15 is 0 Å². The van der Waals surface area contributed by atoms with E-state index in [1.165, 1.54) is 30.3 Å². The van der Waals surface area contributed by atoms with E-state index in [9.17, 15) is 0 Å². The molecule has 0 aromatic carbocycles. The van der Waals surface area contributed by atoms with Crippen molar-refractivity contribution in [2.75, 3.05) is 0 Å². The van der Waals surface area contributed by atoms with Gasteiger partial charge in [0, 0.05) is 19.2 Å². The monoisotopic (exact) mass is 268 g/mol. The van der Waals surface area contributed by atoms with Gasteiger partial charge in [0.05, 0.1) is 0 Å². The van der Waals surface area contributed by atoms with Crippen LogP contribution in [0.1, 0.15) is 22.6 Å². The molecular formula is C16H12S2. The molecule has 0 unspecified atom stereocenters. The van der Waals surface area contributed by atoms with Crippen LogP contribution in [0.2, 0.25) is 0 Å². The predicted octanol–water partition coefficient (Wildman–Crippen LogP) is 5.65. The summed E-state index contributed by atoms with van der Waals surface area (Å²) in [5.41, 5.74) is 2.93. The lowest BCUT2D eigenvalue weighted by molar-refractivity contribution is 1.47. The molecule has 2 aliphatic rings. The molecule has 0 N–H and O–H groups in total. The van der Waals surface area contributed by atoms with Crippen LogP contribution in [0.4, 0.5) is 0 Å². The molecule has 2 heterocycles. The van der Waals surface area contributed by atoms with E-state index in [1.807, 2.05) is 22.7 Å². The minimum absolute atomic E-state index is 1.09. The van der Waals surface area contributed by atoms with Gasteiger partial charge in [-0.2, -0.15) is 0 Å². The molecule has 2 aromatic heterocycles. The molecule has 4 rings (SSSR count). The molecule has 0 saturated heterocycles. The van der Waals surface area contributed by atoms with Gasteiger partial charge in [0.2, 0.25) is 0 Å². The molecule has 2 aromatic rings. The number of hydrogen-bond donors (Lipinski definition) is 0. The van der Waals surface area contributed by atoms with E-state index < -0.39 is 0 Å². The quantitative estimate of drug-likeness (QED) is 0.660. The van der Waals surface area contributed by atoms with Crippen molar-refractivity contribution in [3.63, 3.8) is 0 Å². The standard InChI is InChI=1S/C16H12S2/c1-2-6-11(5-1)13-9-15-16(17-13)10-14(18-15)12-7-3-4-8-12/h1-5,7,9-10H,6,8H2. The molecule has 18 heavy (non-hydrogen) atoms. The largest absolute Gasteiger partial charge is 0.135 e. The average molecular weight is 268 g/mol. The Morgan fingerprint density at radius 3 is 1.61 bits per heavy atom. The van der Waals surface area contributed by atoms with E-state index in [2.05, 4.69) is 48.6 Å². The van der Waals surface area contributed by atoms with Crippen LogP contribution in [-0.2, 0) is 0 Å². The third-order valence-electron chi connectivity index (χ3n) is 3.38. The van der Waals surface area contributed by atoms with Gasteiger partial charge in [-0.3, -0.25) is 0 Å². The van der Waals surface area contributed by atoms with Gasteiger partial charge in [-0.1, -0.05) is 36.5 Å². The summed E-state index contributed by atoms with van der Waals surface area (Å²) in [6, 6.07) is 4.71. The Morgan fingerprint density at radius 1 is 0.722 bits per heavy atom. The van der Waals surface area contributed by atoms with Gasteiger partial charge in [-0.05, 0) is 36.1 Å². The van der Waals surface area contributed by atoms with Crippen LogP contribution >= 0.6 is 22.7 Å². The fourth-order valence-corrected chi connectivity index (χ4v) is 4.88. The van der Waals surface area contributed by atoms with Crippen LogP contribution in [0.15, 0.2) is 48.6 Å². The molecule has 0 saturated carbocycles. The lowest BCUT2D eigenvalue weighted by atomic mass is 10.2. The molecule has 0 nitrogen and oxygen atoms in total. The highest BCUT2D eigenvalue weighted by Gasteiger charge is 2.12. The van der Waals surface area contributed by atoms with Crippen molar-refractivity contribution < 1.29 is 0 Å². The zero-order valence-electron chi connectivity index (χ0n) is 9.85. The minimum atomic E-state index is 1.09. The number of hydrogen-bond acceptors (Lipinski definition) is 2. The fraction of sp³-hybridized carbons (Fsp3) is 0.125. The molecule has 2 heteroatoms. The van der Waals surface area contributed by atoms with Crippen LogP contribution in [0.3, 0.4) is 0 Å². The van der Waals surface area contributed by atoms with Gasteiger partial charge >= 0.3 is 0 Å². The number of thiophene rings is 2. The maximum atomic E-state index is 2.36. The van der Waals surface area contributed by atoms with Gasteiger partial charge < -0.3 is 0 Å². The van der Waals surface area contributed by atoms with Crippen molar-refractivity contribution in [2.45, 2.75) is 12.8 Å². The van der Waals surface area contributed by atoms with Crippen molar-refractivity contribution >= 4 is 43.2 Å². The maximum Gasteiger partial charge on any atom is 0.0463 e. The number of fused-ring (bicyclic) bond motifs is 1. The van der Waals surface area contributed by atoms with Crippen molar-refractivity contribution in [1.82, 2.24) is 0 Å². The van der Waals surface area contributed by atoms with Gasteiger partial charge in [0.1, 0.15) is 0 Å². The summed E-state index contributed by atoms with van der Waals surface area (Å²) in [5.74, 6) is 0. The Kier molecular flexibility index (Phi) is 2.39. The maximum absolute atomic E-state index is 2.36. The number of rotatable bonds is 2. The molecule has 0 amide bonds. The second kappa shape index (κ2) is 4.08. The first-order valence-electron chi connectivity index (χ1n) is 6.16. The molecule has 0 spiro atoms. The molecule has 0 aliphatic heterocycles. The summed E-state index contributed by atoms with van der Waals surface area (Å²) in [5, 5.41) is 0. The lowest BCUT2D eigenvalue weighted by Crippen LogP contribution is -1.72. The van der Waals surface area contributed by atoms with Gasteiger partial charge in [-0.15, -0.1) is 22.7 Å². The van der Waals surface area contributed by atoms with E-state index in [4.69, 9.17) is 0 Å². The van der Waals surface area contributed by atoms with Crippen LogP contribution in [-0.4, -0.2) is 0 Å². The zero-order chi connectivity index (χ0) is 11.9. The number of allylic oxidation sites excluding steroid dienone is 8. The van der Waals surface area contributed by atoms with Crippen molar-refractivity contribution in [3.8, 4) is 0 Å².